The number of amides is 5. The van der Waals surface area contributed by atoms with Crippen molar-refractivity contribution in [2.45, 2.75) is 211 Å². The van der Waals surface area contributed by atoms with Crippen LogP contribution in [0.3, 0.4) is 0 Å². The first-order valence-electron chi connectivity index (χ1n) is 29.4. The average molecular weight is 1170 g/mol. The van der Waals surface area contributed by atoms with Gasteiger partial charge in [0.1, 0.15) is 12.1 Å². The van der Waals surface area contributed by atoms with Gasteiger partial charge >= 0.3 is 5.97 Å². The summed E-state index contributed by atoms with van der Waals surface area (Å²) in [6.45, 7) is 1.03. The zero-order valence-corrected chi connectivity index (χ0v) is 49.0. The monoisotopic (exact) mass is 1170 g/mol. The number of guanidine groups is 3. The van der Waals surface area contributed by atoms with E-state index >= 15 is 0 Å². The highest BCUT2D eigenvalue weighted by Crippen LogP contribution is 2.22. The molecule has 0 heterocycles. The highest BCUT2D eigenvalue weighted by Gasteiger charge is 2.35. The molecule has 0 fully saturated rings. The molecule has 0 radical (unpaired) electrons. The molecular formula is C55H103N15O12. The van der Waals surface area contributed by atoms with Crippen LogP contribution in [0.25, 0.3) is 0 Å². The minimum atomic E-state index is -1.60. The Kier molecular flexibility index (Phi) is 43.3. The number of hydrogen-bond donors (Lipinski definition) is 15. The molecule has 5 amide bonds. The number of aliphatic imine (C=N–C) groups is 3. The Hall–Kier alpha value is -6.48. The quantitative estimate of drug-likeness (QED) is 0.0217. The summed E-state index contributed by atoms with van der Waals surface area (Å²) in [7, 11) is 1.42. The highest BCUT2D eigenvalue weighted by atomic mass is 16.4. The minimum absolute atomic E-state index is 0.0162. The summed E-state index contributed by atoms with van der Waals surface area (Å²) in [5.41, 5.74) is 38.6. The topological polar surface area (TPSA) is 494 Å². The zero-order valence-electron chi connectivity index (χ0n) is 49.0. The van der Waals surface area contributed by atoms with E-state index in [1.807, 2.05) is 0 Å². The molecule has 0 spiro atoms. The van der Waals surface area contributed by atoms with E-state index in [4.69, 9.17) is 40.1 Å². The van der Waals surface area contributed by atoms with Crippen molar-refractivity contribution < 1.29 is 58.5 Å². The lowest BCUT2D eigenvalue weighted by Gasteiger charge is -2.26. The summed E-state index contributed by atoms with van der Waals surface area (Å²) in [5.74, 6) is -10.6. The molecule has 0 aromatic carbocycles. The summed E-state index contributed by atoms with van der Waals surface area (Å²) in [4.78, 5) is 133. The van der Waals surface area contributed by atoms with Gasteiger partial charge in [-0.3, -0.25) is 58.1 Å². The van der Waals surface area contributed by atoms with Gasteiger partial charge in [0.2, 0.25) is 29.5 Å². The van der Waals surface area contributed by atoms with Crippen molar-refractivity contribution in [3.63, 3.8) is 0 Å². The van der Waals surface area contributed by atoms with Crippen LogP contribution in [0.15, 0.2) is 15.0 Å². The number of Topliss-reactive ketones (excluding diaryl/α,β-unsaturated/α-hetero) is 3. The molecule has 27 heteroatoms. The number of hydrogen-bond acceptors (Lipinski definition) is 15. The molecule has 82 heavy (non-hydrogen) atoms. The van der Waals surface area contributed by atoms with Crippen LogP contribution in [0, 0.1) is 17.8 Å². The molecule has 0 unspecified atom stereocenters. The summed E-state index contributed by atoms with van der Waals surface area (Å²) in [6, 6.07) is -5.73. The van der Waals surface area contributed by atoms with Crippen molar-refractivity contribution in [2.24, 2.45) is 72.9 Å². The van der Waals surface area contributed by atoms with E-state index < -0.39 is 134 Å². The lowest BCUT2D eigenvalue weighted by atomic mass is 9.88. The summed E-state index contributed by atoms with van der Waals surface area (Å²) < 4.78 is 0. The molecule has 0 aromatic rings. The van der Waals surface area contributed by atoms with Crippen molar-refractivity contribution in [1.29, 1.82) is 0 Å². The summed E-state index contributed by atoms with van der Waals surface area (Å²) in [5, 5.41) is 42.7. The van der Waals surface area contributed by atoms with Gasteiger partial charge in [-0.2, -0.15) is 0 Å². The molecule has 0 aliphatic carbocycles. The Bertz CT molecular complexity index is 2000. The van der Waals surface area contributed by atoms with E-state index in [1.165, 1.54) is 58.4 Å². The van der Waals surface area contributed by atoms with Crippen molar-refractivity contribution in [1.82, 2.24) is 26.6 Å². The minimum Gasteiger partial charge on any atom is -0.481 e. The first-order chi connectivity index (χ1) is 39.1. The number of carbonyl (C=O) groups is 9. The second-order valence-corrected chi connectivity index (χ2v) is 20.9. The lowest BCUT2D eigenvalue weighted by molar-refractivity contribution is -0.139. The molecule has 470 valence electrons. The zero-order chi connectivity index (χ0) is 61.7. The molecule has 0 rings (SSSR count). The van der Waals surface area contributed by atoms with Crippen molar-refractivity contribution >= 4 is 70.7 Å². The maximum absolute atomic E-state index is 14.3. The van der Waals surface area contributed by atoms with Crippen LogP contribution in [0.1, 0.15) is 187 Å². The van der Waals surface area contributed by atoms with E-state index in [0.29, 0.717) is 25.7 Å². The van der Waals surface area contributed by atoms with Gasteiger partial charge in [0, 0.05) is 76.5 Å². The van der Waals surface area contributed by atoms with Crippen LogP contribution in [-0.2, 0) is 43.2 Å². The molecule has 27 nitrogen and oxygen atoms in total. The fraction of sp³-hybridized carbons (Fsp3) is 0.782. The number of aliphatic hydroxyl groups excluding tert-OH is 2. The van der Waals surface area contributed by atoms with Crippen LogP contribution in [0.4, 0.5) is 0 Å². The summed E-state index contributed by atoms with van der Waals surface area (Å²) in [6.07, 6.45) is 14.0. The van der Waals surface area contributed by atoms with Crippen LogP contribution in [-0.4, -0.2) is 157 Å². The molecule has 0 saturated heterocycles. The second-order valence-electron chi connectivity index (χ2n) is 20.9. The maximum atomic E-state index is 14.3. The third kappa shape index (κ3) is 37.5. The van der Waals surface area contributed by atoms with Crippen molar-refractivity contribution in [3.8, 4) is 0 Å². The van der Waals surface area contributed by atoms with E-state index in [0.717, 1.165) is 25.7 Å². The first kappa shape index (κ1) is 75.5. The van der Waals surface area contributed by atoms with Crippen molar-refractivity contribution in [3.05, 3.63) is 0 Å². The van der Waals surface area contributed by atoms with Gasteiger partial charge in [-0.25, -0.2) is 0 Å². The number of nitrogens with two attached hydrogens (primary N) is 7. The number of unbranched alkanes of at least 4 members (excludes halogenated alkanes) is 13. The van der Waals surface area contributed by atoms with Crippen LogP contribution in [0.2, 0.25) is 0 Å². The van der Waals surface area contributed by atoms with E-state index in [2.05, 4.69) is 48.5 Å². The second kappa shape index (κ2) is 47.1. The number of ketones is 3. The molecule has 0 bridgehead atoms. The van der Waals surface area contributed by atoms with Crippen LogP contribution in [0.5, 0.6) is 0 Å². The predicted octanol–water partition coefficient (Wildman–Crippen LogP) is 0.0183. The SMILES string of the molecule is CCCCCCCCCCCCCCCC(=O)N[C@@H](CO)C(=O)N[C@@H](CO)C(=O)C[C@@H](CCCN=C(N)N)C(=O)N[C@@H](CCC(=O)O)C(=O)C[C@@H](CCCCN)C(=O)N[C@@H](CCCN=C(N)N)C(=O)C[C@@H](CCCN=C(N)N)C(=O)NC. The van der Waals surface area contributed by atoms with Crippen molar-refractivity contribution in [2.75, 3.05) is 46.4 Å². The molecule has 0 saturated carbocycles. The van der Waals surface area contributed by atoms with Gasteiger partial charge < -0.3 is 82.0 Å². The normalized spacial score (nSPS) is 13.6. The van der Waals surface area contributed by atoms with E-state index in [-0.39, 0.29) is 95.4 Å². The van der Waals surface area contributed by atoms with Crippen LogP contribution < -0.4 is 66.7 Å². The number of aliphatic hydroxyl groups is 2. The Morgan fingerprint density at radius 3 is 1.20 bits per heavy atom. The van der Waals surface area contributed by atoms with Gasteiger partial charge in [0.05, 0.1) is 25.3 Å². The lowest BCUT2D eigenvalue weighted by Crippen LogP contribution is -2.54. The van der Waals surface area contributed by atoms with E-state index in [1.54, 1.807) is 0 Å². The largest absolute Gasteiger partial charge is 0.481 e. The smallest absolute Gasteiger partial charge is 0.303 e. The Morgan fingerprint density at radius 1 is 0.415 bits per heavy atom. The Morgan fingerprint density at radius 2 is 0.793 bits per heavy atom. The molecular weight excluding hydrogens is 1060 g/mol. The molecule has 0 aromatic heterocycles. The van der Waals surface area contributed by atoms with Gasteiger partial charge in [-0.1, -0.05) is 90.4 Å². The number of nitrogens with one attached hydrogen (secondary N) is 5. The standard InChI is InChI=1S/C55H103N15O12/c1-3-4-5-6-7-8-9-10-11-12-13-14-15-25-47(76)67-43(36-72)52(82)70-42(35-71)46(75)34-39(23-19-30-65-54(59)60)51(81)69-41(26-27-48(77)78)45(74)33-38(21-16-17-28-56)50(80)68-40(24-20-31-66-55(61)62)44(73)32-37(49(79)63-2)22-18-29-64-53(57)58/h37-43,71-72H,3-36,56H2,1-2H3,(H,63,79)(H,67,76)(H,68,80)(H,69,81)(H,70,82)(H,77,78)(H4,57,58,64)(H4,59,60,65)(H4,61,62,66)/t37-,38-,39-,40+,41+,42+,43+/m1/s1. The predicted molar refractivity (Wildman–Crippen MR) is 315 cm³/mol. The van der Waals surface area contributed by atoms with Gasteiger partial charge in [-0.05, 0) is 70.8 Å². The number of carboxylic acids is 1. The number of nitrogens with zero attached hydrogens (tertiary/aromatic N) is 3. The molecule has 22 N–H and O–H groups in total. The van der Waals surface area contributed by atoms with E-state index in [9.17, 15) is 58.5 Å². The first-order valence-corrected chi connectivity index (χ1v) is 29.4. The third-order valence-electron chi connectivity index (χ3n) is 14.0. The highest BCUT2D eigenvalue weighted by molar-refractivity contribution is 5.98. The number of aliphatic carboxylic acids is 1. The Labute approximate surface area is 484 Å². The number of rotatable bonds is 52. The number of carboxylic acid groups (broad SMARTS) is 1. The fourth-order valence-electron chi connectivity index (χ4n) is 9.21. The van der Waals surface area contributed by atoms with Gasteiger partial charge in [0.25, 0.3) is 0 Å². The van der Waals surface area contributed by atoms with Gasteiger partial charge in [-0.15, -0.1) is 0 Å². The fourth-order valence-corrected chi connectivity index (χ4v) is 9.21. The maximum Gasteiger partial charge on any atom is 0.303 e. The molecule has 0 aliphatic heterocycles. The Balaban J connectivity index is 6.35. The summed E-state index contributed by atoms with van der Waals surface area (Å²) >= 11 is 0. The van der Waals surface area contributed by atoms with Gasteiger partial charge in [0.15, 0.2) is 35.2 Å². The third-order valence-corrected chi connectivity index (χ3v) is 14.0. The van der Waals surface area contributed by atoms with Crippen LogP contribution >= 0.6 is 0 Å². The molecule has 0 aliphatic rings. The number of carbonyl (C=O) groups excluding carboxylic acids is 8. The molecule has 7 atom stereocenters. The average Bonchev–Trinajstić information content (AvgIpc) is 3.49.